The number of nitriles is 4. The van der Waals surface area contributed by atoms with Crippen LogP contribution in [0.3, 0.4) is 0 Å². The molecule has 0 spiro atoms. The van der Waals surface area contributed by atoms with Crippen LogP contribution in [0.15, 0.2) is 194 Å². The first-order valence-electron chi connectivity index (χ1n) is 23.6. The van der Waals surface area contributed by atoms with Crippen molar-refractivity contribution in [1.29, 1.82) is 21.0 Å². The van der Waals surface area contributed by atoms with Crippen molar-refractivity contribution in [3.8, 4) is 109 Å². The average molecular weight is 1010 g/mol. The third kappa shape index (κ3) is 9.14. The molecule has 0 fully saturated rings. The van der Waals surface area contributed by atoms with E-state index in [2.05, 4.69) is 24.3 Å². The Hall–Kier alpha value is -10.7. The maximum atomic E-state index is 14.9. The Labute approximate surface area is 435 Å². The van der Waals surface area contributed by atoms with E-state index < -0.39 is 23.5 Å². The summed E-state index contributed by atoms with van der Waals surface area (Å²) in [7, 11) is 0. The minimum absolute atomic E-state index is 0.0567. The summed E-state index contributed by atoms with van der Waals surface area (Å²) >= 11 is 0. The van der Waals surface area contributed by atoms with Gasteiger partial charge in [0.2, 0.25) is 0 Å². The Morgan fingerprint density at radius 3 is 1.12 bits per heavy atom. The normalized spacial score (nSPS) is 11.5. The lowest BCUT2D eigenvalue weighted by atomic mass is 9.91. The van der Waals surface area contributed by atoms with Crippen molar-refractivity contribution in [2.45, 2.75) is 12.4 Å². The van der Waals surface area contributed by atoms with Gasteiger partial charge in [-0.15, -0.1) is 0 Å². The molecule has 11 rings (SSSR count). The predicted molar refractivity (Wildman–Crippen MR) is 281 cm³/mol. The van der Waals surface area contributed by atoms with E-state index in [1.54, 1.807) is 65.2 Å². The van der Waals surface area contributed by atoms with E-state index in [0.29, 0.717) is 55.2 Å². The van der Waals surface area contributed by atoms with Gasteiger partial charge in [0.25, 0.3) is 0 Å². The van der Waals surface area contributed by atoms with Crippen molar-refractivity contribution in [2.24, 2.45) is 0 Å². The number of rotatable bonds is 8. The second-order valence-corrected chi connectivity index (χ2v) is 17.9. The molecule has 14 heteroatoms. The molecule has 0 aliphatic rings. The van der Waals surface area contributed by atoms with Gasteiger partial charge in [0.15, 0.2) is 17.5 Å². The standard InChI is InChI=1S/C63H32F6N8/c64-62(65,66)48-15-7-13-41(27-48)52-31-45(61-75-59(39-9-3-1-4-10-39)74-60(76-61)40-11-5-2-6-12-40)32-53(42-14-8-16-49(28-42)63(67,68)69)58(52)77-56-23-19-43(50-21-17-37(33-70)25-46(50)35-72)29-54(56)55-30-44(20-24-57(55)77)51-22-18-38(34-71)26-47(51)36-73/h1-32H. The van der Waals surface area contributed by atoms with Gasteiger partial charge in [0.05, 0.1) is 74.4 Å². The molecule has 8 nitrogen and oxygen atoms in total. The van der Waals surface area contributed by atoms with Crippen molar-refractivity contribution >= 4 is 21.8 Å². The quantitative estimate of drug-likeness (QED) is 0.138. The number of halogens is 6. The van der Waals surface area contributed by atoms with Crippen LogP contribution in [0.25, 0.3) is 106 Å². The molecule has 0 unspecified atom stereocenters. The molecular formula is C63H32F6N8. The van der Waals surface area contributed by atoms with Gasteiger partial charge in [-0.1, -0.05) is 109 Å². The number of hydrogen-bond acceptors (Lipinski definition) is 7. The zero-order chi connectivity index (χ0) is 53.6. The van der Waals surface area contributed by atoms with Crippen molar-refractivity contribution in [3.05, 3.63) is 228 Å². The van der Waals surface area contributed by atoms with Gasteiger partial charge in [-0.2, -0.15) is 47.4 Å². The summed E-state index contributed by atoms with van der Waals surface area (Å²) in [5.74, 6) is 0.600. The van der Waals surface area contributed by atoms with E-state index >= 15 is 0 Å². The number of aromatic nitrogens is 4. The van der Waals surface area contributed by atoms with Gasteiger partial charge in [-0.25, -0.2) is 15.0 Å². The van der Waals surface area contributed by atoms with Crippen LogP contribution in [0, 0.1) is 45.3 Å². The fourth-order valence-electron chi connectivity index (χ4n) is 9.62. The van der Waals surface area contributed by atoms with E-state index in [1.165, 1.54) is 36.4 Å². The molecule has 77 heavy (non-hydrogen) atoms. The lowest BCUT2D eigenvalue weighted by Crippen LogP contribution is -2.07. The van der Waals surface area contributed by atoms with Crippen LogP contribution in [-0.4, -0.2) is 19.5 Å². The zero-order valence-electron chi connectivity index (χ0n) is 39.8. The van der Waals surface area contributed by atoms with Crippen LogP contribution in [0.2, 0.25) is 0 Å². The zero-order valence-corrected chi connectivity index (χ0v) is 39.8. The predicted octanol–water partition coefficient (Wildman–Crippen LogP) is 16.2. The minimum Gasteiger partial charge on any atom is -0.308 e. The van der Waals surface area contributed by atoms with Crippen LogP contribution < -0.4 is 0 Å². The lowest BCUT2D eigenvalue weighted by molar-refractivity contribution is -0.138. The molecule has 0 saturated carbocycles. The maximum Gasteiger partial charge on any atom is 0.416 e. The van der Waals surface area contributed by atoms with Gasteiger partial charge >= 0.3 is 12.4 Å². The molecule has 2 heterocycles. The molecule has 0 N–H and O–H groups in total. The third-order valence-electron chi connectivity index (χ3n) is 13.2. The highest BCUT2D eigenvalue weighted by atomic mass is 19.4. The highest BCUT2D eigenvalue weighted by Gasteiger charge is 2.33. The van der Waals surface area contributed by atoms with Crippen LogP contribution in [-0.2, 0) is 12.4 Å². The Morgan fingerprint density at radius 1 is 0.338 bits per heavy atom. The summed E-state index contributed by atoms with van der Waals surface area (Å²) in [6, 6.07) is 59.3. The summed E-state index contributed by atoms with van der Waals surface area (Å²) in [6.45, 7) is 0. The number of alkyl halides is 6. The summed E-state index contributed by atoms with van der Waals surface area (Å²) in [6.07, 6.45) is -9.61. The van der Waals surface area contributed by atoms with Crippen LogP contribution in [0.5, 0.6) is 0 Å². The summed E-state index contributed by atoms with van der Waals surface area (Å²) in [4.78, 5) is 14.7. The van der Waals surface area contributed by atoms with E-state index in [-0.39, 0.29) is 73.2 Å². The Bertz CT molecular complexity index is 4090. The molecule has 366 valence electrons. The van der Waals surface area contributed by atoms with Crippen LogP contribution in [0.4, 0.5) is 26.3 Å². The van der Waals surface area contributed by atoms with Gasteiger partial charge in [0.1, 0.15) is 0 Å². The van der Waals surface area contributed by atoms with Gasteiger partial charge in [0, 0.05) is 38.6 Å². The molecule has 9 aromatic carbocycles. The molecule has 0 atom stereocenters. The van der Waals surface area contributed by atoms with Crippen molar-refractivity contribution in [2.75, 3.05) is 0 Å². The largest absolute Gasteiger partial charge is 0.416 e. The topological polar surface area (TPSA) is 139 Å². The Morgan fingerprint density at radius 2 is 0.727 bits per heavy atom. The first-order valence-corrected chi connectivity index (χ1v) is 23.6. The molecule has 0 saturated heterocycles. The molecular weight excluding hydrogens is 983 g/mol. The van der Waals surface area contributed by atoms with Gasteiger partial charge in [-0.3, -0.25) is 0 Å². The number of fused-ring (bicyclic) bond motifs is 3. The Kier molecular flexibility index (Phi) is 12.2. The summed E-state index contributed by atoms with van der Waals surface area (Å²) < 4.78 is 91.0. The fraction of sp³-hybridized carbons (Fsp3) is 0.0317. The van der Waals surface area contributed by atoms with Gasteiger partial charge in [-0.05, 0) is 118 Å². The number of nitrogens with zero attached hydrogens (tertiary/aromatic N) is 8. The smallest absolute Gasteiger partial charge is 0.308 e. The second-order valence-electron chi connectivity index (χ2n) is 17.9. The van der Waals surface area contributed by atoms with E-state index in [9.17, 15) is 47.4 Å². The molecule has 0 radical (unpaired) electrons. The van der Waals surface area contributed by atoms with Crippen LogP contribution >= 0.6 is 0 Å². The first kappa shape index (κ1) is 48.6. The highest BCUT2D eigenvalue weighted by molar-refractivity contribution is 6.13. The van der Waals surface area contributed by atoms with Gasteiger partial charge < -0.3 is 4.57 Å². The molecule has 2 aromatic heterocycles. The minimum atomic E-state index is -4.80. The molecule has 0 aliphatic carbocycles. The van der Waals surface area contributed by atoms with E-state index in [1.807, 2.05) is 72.8 Å². The average Bonchev–Trinajstić information content (AvgIpc) is 4.05. The Balaban J connectivity index is 1.30. The molecule has 11 aromatic rings. The maximum absolute atomic E-state index is 14.9. The van der Waals surface area contributed by atoms with E-state index in [4.69, 9.17) is 15.0 Å². The SMILES string of the molecule is N#Cc1ccc(-c2ccc3c(c2)c2cc(-c4ccc(C#N)cc4C#N)ccc2n3-c2c(-c3cccc(C(F)(F)F)c3)cc(-c3nc(-c4ccccc4)nc(-c4ccccc4)n3)cc2-c2cccc(C(F)(F)F)c2)c(C#N)c1. The van der Waals surface area contributed by atoms with E-state index in [0.717, 1.165) is 24.3 Å². The lowest BCUT2D eigenvalue weighted by Gasteiger charge is -2.22. The summed E-state index contributed by atoms with van der Waals surface area (Å²) in [5.41, 5.74) is 4.12. The molecule has 0 aliphatic heterocycles. The summed E-state index contributed by atoms with van der Waals surface area (Å²) in [5, 5.41) is 41.0. The number of benzene rings is 9. The molecule has 0 bridgehead atoms. The monoisotopic (exact) mass is 1010 g/mol. The van der Waals surface area contributed by atoms with Crippen molar-refractivity contribution in [3.63, 3.8) is 0 Å². The fourth-order valence-corrected chi connectivity index (χ4v) is 9.62. The first-order chi connectivity index (χ1) is 37.2. The van der Waals surface area contributed by atoms with Crippen LogP contribution in [0.1, 0.15) is 33.4 Å². The molecule has 0 amide bonds. The van der Waals surface area contributed by atoms with Crippen molar-refractivity contribution in [1.82, 2.24) is 19.5 Å². The second kappa shape index (κ2) is 19.3. The third-order valence-corrected chi connectivity index (χ3v) is 13.2. The number of hydrogen-bond donors (Lipinski definition) is 0. The highest BCUT2D eigenvalue weighted by Crippen LogP contribution is 2.47. The van der Waals surface area contributed by atoms with Crippen molar-refractivity contribution < 1.29 is 26.3 Å².